The standard InChI is InChI=1S/C13H25NO3/c1-3-14-7-4-5-11(9-14)13(2)16-10-12(17-13)6-8-15/h11-12,15H,3-10H2,1-2H3. The molecule has 0 spiro atoms. The monoisotopic (exact) mass is 243 g/mol. The first-order chi connectivity index (χ1) is 8.18. The largest absolute Gasteiger partial charge is 0.396 e. The summed E-state index contributed by atoms with van der Waals surface area (Å²) in [6.07, 6.45) is 3.16. The van der Waals surface area contributed by atoms with Gasteiger partial charge in [0.05, 0.1) is 12.7 Å². The highest BCUT2D eigenvalue weighted by Gasteiger charge is 2.44. The first kappa shape index (κ1) is 13.3. The first-order valence-corrected chi connectivity index (χ1v) is 6.83. The van der Waals surface area contributed by atoms with Crippen LogP contribution in [0.25, 0.3) is 0 Å². The molecule has 2 saturated heterocycles. The molecule has 0 radical (unpaired) electrons. The molecule has 0 aromatic carbocycles. The maximum absolute atomic E-state index is 8.94. The third kappa shape index (κ3) is 2.99. The van der Waals surface area contributed by atoms with Gasteiger partial charge in [-0.3, -0.25) is 0 Å². The van der Waals surface area contributed by atoms with Crippen LogP contribution in [0, 0.1) is 5.92 Å². The van der Waals surface area contributed by atoms with Crippen molar-refractivity contribution in [1.82, 2.24) is 4.90 Å². The van der Waals surface area contributed by atoms with E-state index in [-0.39, 0.29) is 12.7 Å². The molecule has 2 heterocycles. The molecule has 2 aliphatic heterocycles. The van der Waals surface area contributed by atoms with Gasteiger partial charge < -0.3 is 19.5 Å². The minimum Gasteiger partial charge on any atom is -0.396 e. The van der Waals surface area contributed by atoms with Gasteiger partial charge in [0.25, 0.3) is 0 Å². The molecule has 1 N–H and O–H groups in total. The zero-order valence-corrected chi connectivity index (χ0v) is 11.0. The summed E-state index contributed by atoms with van der Waals surface area (Å²) in [4.78, 5) is 2.46. The van der Waals surface area contributed by atoms with Gasteiger partial charge in [-0.25, -0.2) is 0 Å². The van der Waals surface area contributed by atoms with Crippen LogP contribution in [0.15, 0.2) is 0 Å². The number of likely N-dealkylation sites (tertiary alicyclic amines) is 1. The van der Waals surface area contributed by atoms with Gasteiger partial charge in [-0.15, -0.1) is 0 Å². The molecular formula is C13H25NO3. The Labute approximate surface area is 104 Å². The second-order valence-corrected chi connectivity index (χ2v) is 5.31. The van der Waals surface area contributed by atoms with Crippen molar-refractivity contribution in [1.29, 1.82) is 0 Å². The van der Waals surface area contributed by atoms with Crippen LogP contribution in [0.3, 0.4) is 0 Å². The van der Waals surface area contributed by atoms with Crippen LogP contribution >= 0.6 is 0 Å². The van der Waals surface area contributed by atoms with E-state index in [2.05, 4.69) is 18.7 Å². The van der Waals surface area contributed by atoms with E-state index in [0.29, 0.717) is 18.9 Å². The molecule has 2 fully saturated rings. The molecule has 0 amide bonds. The Kier molecular flexibility index (Phi) is 4.42. The maximum Gasteiger partial charge on any atom is 0.170 e. The molecule has 0 aliphatic carbocycles. The van der Waals surface area contributed by atoms with Crippen molar-refractivity contribution in [2.45, 2.75) is 45.0 Å². The normalized spacial score (nSPS) is 39.7. The average Bonchev–Trinajstić information content (AvgIpc) is 2.73. The topological polar surface area (TPSA) is 41.9 Å². The van der Waals surface area contributed by atoms with Crippen molar-refractivity contribution < 1.29 is 14.6 Å². The third-order valence-corrected chi connectivity index (χ3v) is 4.10. The van der Waals surface area contributed by atoms with E-state index in [1.807, 2.05) is 0 Å². The molecule has 3 unspecified atom stereocenters. The van der Waals surface area contributed by atoms with Crippen LogP contribution in [0.2, 0.25) is 0 Å². The summed E-state index contributed by atoms with van der Waals surface area (Å²) < 4.78 is 11.9. The van der Waals surface area contributed by atoms with Gasteiger partial charge in [0.2, 0.25) is 0 Å². The van der Waals surface area contributed by atoms with E-state index < -0.39 is 5.79 Å². The molecule has 2 aliphatic rings. The van der Waals surface area contributed by atoms with Crippen molar-refractivity contribution in [3.05, 3.63) is 0 Å². The molecule has 0 aromatic heterocycles. The fourth-order valence-corrected chi connectivity index (χ4v) is 2.93. The number of aliphatic hydroxyl groups excluding tert-OH is 1. The average molecular weight is 243 g/mol. The summed E-state index contributed by atoms with van der Waals surface area (Å²) in [6.45, 7) is 8.44. The lowest BCUT2D eigenvalue weighted by Gasteiger charge is -2.39. The summed E-state index contributed by atoms with van der Waals surface area (Å²) in [5.74, 6) is 0.0214. The van der Waals surface area contributed by atoms with Crippen LogP contribution in [0.1, 0.15) is 33.1 Å². The van der Waals surface area contributed by atoms with E-state index in [4.69, 9.17) is 14.6 Å². The lowest BCUT2D eigenvalue weighted by molar-refractivity contribution is -0.202. The quantitative estimate of drug-likeness (QED) is 0.806. The van der Waals surface area contributed by atoms with Gasteiger partial charge in [-0.05, 0) is 39.3 Å². The number of aliphatic hydroxyl groups is 1. The maximum atomic E-state index is 8.94. The zero-order valence-electron chi connectivity index (χ0n) is 11.0. The molecule has 4 heteroatoms. The molecule has 2 rings (SSSR count). The summed E-state index contributed by atoms with van der Waals surface area (Å²) in [6, 6.07) is 0. The highest BCUT2D eigenvalue weighted by atomic mass is 16.7. The van der Waals surface area contributed by atoms with E-state index in [9.17, 15) is 0 Å². The molecule has 0 bridgehead atoms. The fraction of sp³-hybridized carbons (Fsp3) is 1.00. The first-order valence-electron chi connectivity index (χ1n) is 6.83. The predicted octanol–water partition coefficient (Wildman–Crippen LogP) is 1.23. The molecule has 0 saturated carbocycles. The van der Waals surface area contributed by atoms with Crippen LogP contribution in [-0.2, 0) is 9.47 Å². The third-order valence-electron chi connectivity index (χ3n) is 4.10. The van der Waals surface area contributed by atoms with Gasteiger partial charge in [0.1, 0.15) is 0 Å². The van der Waals surface area contributed by atoms with Crippen molar-refractivity contribution in [2.75, 3.05) is 32.8 Å². The molecule has 17 heavy (non-hydrogen) atoms. The minimum absolute atomic E-state index is 0.0713. The fourth-order valence-electron chi connectivity index (χ4n) is 2.93. The summed E-state index contributed by atoms with van der Waals surface area (Å²) >= 11 is 0. The number of hydrogen-bond acceptors (Lipinski definition) is 4. The van der Waals surface area contributed by atoms with E-state index >= 15 is 0 Å². The van der Waals surface area contributed by atoms with Crippen molar-refractivity contribution in [2.24, 2.45) is 5.92 Å². The van der Waals surface area contributed by atoms with E-state index in [1.165, 1.54) is 19.4 Å². The minimum atomic E-state index is -0.437. The number of piperidine rings is 1. The number of nitrogens with zero attached hydrogens (tertiary/aromatic N) is 1. The molecular weight excluding hydrogens is 218 g/mol. The van der Waals surface area contributed by atoms with E-state index in [0.717, 1.165) is 13.1 Å². The predicted molar refractivity (Wildman–Crippen MR) is 65.8 cm³/mol. The number of ether oxygens (including phenoxy) is 2. The second-order valence-electron chi connectivity index (χ2n) is 5.31. The number of rotatable bonds is 4. The van der Waals surface area contributed by atoms with Crippen LogP contribution < -0.4 is 0 Å². The Morgan fingerprint density at radius 1 is 1.47 bits per heavy atom. The number of hydrogen-bond donors (Lipinski definition) is 1. The van der Waals surface area contributed by atoms with E-state index in [1.54, 1.807) is 0 Å². The van der Waals surface area contributed by atoms with Gasteiger partial charge in [0, 0.05) is 19.1 Å². The second kappa shape index (κ2) is 5.65. The lowest BCUT2D eigenvalue weighted by Crippen LogP contribution is -2.47. The Morgan fingerprint density at radius 2 is 2.29 bits per heavy atom. The Balaban J connectivity index is 1.92. The Morgan fingerprint density at radius 3 is 3.00 bits per heavy atom. The Bertz CT molecular complexity index is 249. The lowest BCUT2D eigenvalue weighted by atomic mass is 9.90. The van der Waals surface area contributed by atoms with Crippen LogP contribution in [0.4, 0.5) is 0 Å². The highest BCUT2D eigenvalue weighted by molar-refractivity contribution is 4.86. The van der Waals surface area contributed by atoms with Crippen molar-refractivity contribution in [3.63, 3.8) is 0 Å². The molecule has 3 atom stereocenters. The zero-order chi connectivity index (χ0) is 12.3. The molecule has 0 aromatic rings. The van der Waals surface area contributed by atoms with Crippen LogP contribution in [0.5, 0.6) is 0 Å². The van der Waals surface area contributed by atoms with Gasteiger partial charge >= 0.3 is 0 Å². The highest BCUT2D eigenvalue weighted by Crippen LogP contribution is 2.36. The van der Waals surface area contributed by atoms with Crippen molar-refractivity contribution >= 4 is 0 Å². The summed E-state index contributed by atoms with van der Waals surface area (Å²) in [5, 5.41) is 8.94. The summed E-state index contributed by atoms with van der Waals surface area (Å²) in [5.41, 5.74) is 0. The van der Waals surface area contributed by atoms with Gasteiger partial charge in [-0.2, -0.15) is 0 Å². The Hall–Kier alpha value is -0.160. The van der Waals surface area contributed by atoms with Crippen LogP contribution in [-0.4, -0.2) is 54.7 Å². The van der Waals surface area contributed by atoms with Gasteiger partial charge in [0.15, 0.2) is 5.79 Å². The SMILES string of the molecule is CCN1CCCC(C2(C)OCC(CCO)O2)C1. The molecule has 4 nitrogen and oxygen atoms in total. The van der Waals surface area contributed by atoms with Crippen molar-refractivity contribution in [3.8, 4) is 0 Å². The summed E-state index contributed by atoms with van der Waals surface area (Å²) in [7, 11) is 0. The van der Waals surface area contributed by atoms with Gasteiger partial charge in [-0.1, -0.05) is 6.92 Å². The molecule has 100 valence electrons. The smallest absolute Gasteiger partial charge is 0.170 e.